The van der Waals surface area contributed by atoms with Gasteiger partial charge in [-0.3, -0.25) is 0 Å². The van der Waals surface area contributed by atoms with E-state index in [1.807, 2.05) is 6.92 Å². The highest BCUT2D eigenvalue weighted by molar-refractivity contribution is 6.31. The van der Waals surface area contributed by atoms with E-state index in [9.17, 15) is 9.59 Å². The van der Waals surface area contributed by atoms with Crippen molar-refractivity contribution in [2.75, 3.05) is 6.54 Å². The lowest BCUT2D eigenvalue weighted by Gasteiger charge is -2.24. The topological polar surface area (TPSA) is 90.7 Å². The summed E-state index contributed by atoms with van der Waals surface area (Å²) >= 11 is 6.08. The molecule has 2 atom stereocenters. The van der Waals surface area contributed by atoms with Crippen LogP contribution < -0.4 is 11.1 Å². The molecule has 3 N–H and O–H groups in total. The lowest BCUT2D eigenvalue weighted by Crippen LogP contribution is -2.33. The van der Waals surface area contributed by atoms with Gasteiger partial charge in [0, 0.05) is 17.1 Å². The number of nitrogens with two attached hydrogens (primary N) is 1. The van der Waals surface area contributed by atoms with E-state index in [2.05, 4.69) is 5.32 Å². The fourth-order valence-electron chi connectivity index (χ4n) is 1.74. The fourth-order valence-corrected chi connectivity index (χ4v) is 1.99. The molecular weight excluding hydrogens is 296 g/mol. The van der Waals surface area contributed by atoms with Crippen LogP contribution in [0.1, 0.15) is 31.9 Å². The SMILES string of the molecule is CCCNC(=O)OC(C)C(OC(N)=O)c1ccccc1Cl. The van der Waals surface area contributed by atoms with Gasteiger partial charge >= 0.3 is 12.2 Å². The number of hydrogen-bond donors (Lipinski definition) is 2. The third-order valence-electron chi connectivity index (χ3n) is 2.69. The maximum Gasteiger partial charge on any atom is 0.407 e. The minimum Gasteiger partial charge on any atom is -0.442 e. The average Bonchev–Trinajstić information content (AvgIpc) is 2.43. The van der Waals surface area contributed by atoms with Crippen molar-refractivity contribution >= 4 is 23.8 Å². The van der Waals surface area contributed by atoms with E-state index < -0.39 is 24.4 Å². The largest absolute Gasteiger partial charge is 0.442 e. The van der Waals surface area contributed by atoms with Crippen LogP contribution in [0, 0.1) is 0 Å². The smallest absolute Gasteiger partial charge is 0.407 e. The Kier molecular flexibility index (Phi) is 6.81. The Bertz CT molecular complexity index is 496. The monoisotopic (exact) mass is 314 g/mol. The molecule has 0 spiro atoms. The Morgan fingerprint density at radius 1 is 1.33 bits per heavy atom. The minimum atomic E-state index is -0.968. The van der Waals surface area contributed by atoms with Gasteiger partial charge in [-0.15, -0.1) is 0 Å². The van der Waals surface area contributed by atoms with Gasteiger partial charge in [-0.25, -0.2) is 9.59 Å². The number of benzene rings is 1. The number of primary amides is 1. The van der Waals surface area contributed by atoms with Crippen molar-refractivity contribution in [3.05, 3.63) is 34.9 Å². The molecule has 7 heteroatoms. The van der Waals surface area contributed by atoms with E-state index in [4.69, 9.17) is 26.8 Å². The summed E-state index contributed by atoms with van der Waals surface area (Å²) in [6, 6.07) is 6.81. The van der Waals surface area contributed by atoms with Crippen LogP contribution in [0.25, 0.3) is 0 Å². The number of hydrogen-bond acceptors (Lipinski definition) is 4. The fraction of sp³-hybridized carbons (Fsp3) is 0.429. The molecule has 21 heavy (non-hydrogen) atoms. The van der Waals surface area contributed by atoms with Gasteiger partial charge < -0.3 is 20.5 Å². The molecule has 0 fully saturated rings. The standard InChI is InChI=1S/C14H19ClN2O4/c1-3-8-17-14(19)20-9(2)12(21-13(16)18)10-6-4-5-7-11(10)15/h4-7,9,12H,3,8H2,1-2H3,(H2,16,18)(H,17,19). The quantitative estimate of drug-likeness (QED) is 0.844. The predicted molar refractivity (Wildman–Crippen MR) is 79.1 cm³/mol. The van der Waals surface area contributed by atoms with Gasteiger partial charge in [-0.05, 0) is 19.4 Å². The molecule has 0 aliphatic heterocycles. The second-order valence-electron chi connectivity index (χ2n) is 4.42. The Morgan fingerprint density at radius 3 is 2.57 bits per heavy atom. The van der Waals surface area contributed by atoms with Crippen LogP contribution in [0.4, 0.5) is 9.59 Å². The highest BCUT2D eigenvalue weighted by Gasteiger charge is 2.27. The Labute approximate surface area is 128 Å². The molecule has 1 aromatic rings. The molecule has 0 bridgehead atoms. The number of rotatable bonds is 6. The molecule has 1 aromatic carbocycles. The first kappa shape index (κ1) is 17.1. The third-order valence-corrected chi connectivity index (χ3v) is 3.04. The summed E-state index contributed by atoms with van der Waals surface area (Å²) in [7, 11) is 0. The normalized spacial score (nSPS) is 13.1. The summed E-state index contributed by atoms with van der Waals surface area (Å²) in [6.45, 7) is 4.02. The molecule has 6 nitrogen and oxygen atoms in total. The van der Waals surface area contributed by atoms with Crippen molar-refractivity contribution in [2.24, 2.45) is 5.73 Å². The van der Waals surface area contributed by atoms with Crippen LogP contribution in [-0.2, 0) is 9.47 Å². The summed E-state index contributed by atoms with van der Waals surface area (Å²) in [4.78, 5) is 22.6. The molecule has 0 heterocycles. The van der Waals surface area contributed by atoms with Crippen LogP contribution in [0.5, 0.6) is 0 Å². The average molecular weight is 315 g/mol. The van der Waals surface area contributed by atoms with Gasteiger partial charge in [0.15, 0.2) is 6.10 Å². The number of carbonyl (C=O) groups is 2. The van der Waals surface area contributed by atoms with E-state index in [1.165, 1.54) is 0 Å². The lowest BCUT2D eigenvalue weighted by molar-refractivity contribution is 0.00117. The highest BCUT2D eigenvalue weighted by atomic mass is 35.5. The first-order valence-electron chi connectivity index (χ1n) is 6.60. The van der Waals surface area contributed by atoms with E-state index >= 15 is 0 Å². The van der Waals surface area contributed by atoms with Gasteiger partial charge in [-0.1, -0.05) is 36.7 Å². The number of carbonyl (C=O) groups excluding carboxylic acids is 2. The summed E-state index contributed by atoms with van der Waals surface area (Å²) in [5, 5.41) is 2.97. The summed E-state index contributed by atoms with van der Waals surface area (Å²) in [6.07, 6.45) is -2.38. The van der Waals surface area contributed by atoms with Crippen LogP contribution >= 0.6 is 11.6 Å². The first-order valence-corrected chi connectivity index (χ1v) is 6.98. The number of alkyl carbamates (subject to hydrolysis) is 1. The van der Waals surface area contributed by atoms with E-state index in [0.717, 1.165) is 6.42 Å². The summed E-state index contributed by atoms with van der Waals surface area (Å²) in [5.74, 6) is 0. The van der Waals surface area contributed by atoms with Crippen molar-refractivity contribution in [1.82, 2.24) is 5.32 Å². The molecule has 2 unspecified atom stereocenters. The van der Waals surface area contributed by atoms with E-state index in [0.29, 0.717) is 17.1 Å². The van der Waals surface area contributed by atoms with Crippen molar-refractivity contribution in [3.63, 3.8) is 0 Å². The van der Waals surface area contributed by atoms with Crippen LogP contribution in [0.3, 0.4) is 0 Å². The van der Waals surface area contributed by atoms with Crippen molar-refractivity contribution in [1.29, 1.82) is 0 Å². The van der Waals surface area contributed by atoms with Crippen molar-refractivity contribution in [2.45, 2.75) is 32.5 Å². The van der Waals surface area contributed by atoms with Crippen molar-refractivity contribution < 1.29 is 19.1 Å². The molecule has 0 saturated carbocycles. The zero-order valence-electron chi connectivity index (χ0n) is 12.0. The van der Waals surface area contributed by atoms with Crippen LogP contribution in [0.2, 0.25) is 5.02 Å². The predicted octanol–water partition coefficient (Wildman–Crippen LogP) is 3.00. The zero-order chi connectivity index (χ0) is 15.8. The molecular formula is C14H19ClN2O4. The molecule has 0 radical (unpaired) electrons. The van der Waals surface area contributed by atoms with Crippen molar-refractivity contribution in [3.8, 4) is 0 Å². The number of amides is 2. The van der Waals surface area contributed by atoms with E-state index in [-0.39, 0.29) is 0 Å². The molecule has 0 aliphatic rings. The Balaban J connectivity index is 2.85. The Hall–Kier alpha value is -1.95. The maximum atomic E-state index is 11.6. The molecule has 0 saturated heterocycles. The lowest BCUT2D eigenvalue weighted by atomic mass is 10.1. The van der Waals surface area contributed by atoms with Gasteiger partial charge in [-0.2, -0.15) is 0 Å². The molecule has 1 rings (SSSR count). The summed E-state index contributed by atoms with van der Waals surface area (Å²) < 4.78 is 10.2. The molecule has 116 valence electrons. The molecule has 2 amide bonds. The van der Waals surface area contributed by atoms with Crippen LogP contribution in [-0.4, -0.2) is 24.8 Å². The minimum absolute atomic E-state index is 0.396. The maximum absolute atomic E-state index is 11.6. The second-order valence-corrected chi connectivity index (χ2v) is 4.82. The number of nitrogens with one attached hydrogen (secondary N) is 1. The van der Waals surface area contributed by atoms with Gasteiger partial charge in [0.1, 0.15) is 6.10 Å². The first-order chi connectivity index (χ1) is 9.95. The highest BCUT2D eigenvalue weighted by Crippen LogP contribution is 2.29. The van der Waals surface area contributed by atoms with E-state index in [1.54, 1.807) is 31.2 Å². The molecule has 0 aliphatic carbocycles. The summed E-state index contributed by atoms with van der Waals surface area (Å²) in [5.41, 5.74) is 5.59. The van der Waals surface area contributed by atoms with Gasteiger partial charge in [0.05, 0.1) is 0 Å². The third kappa shape index (κ3) is 5.51. The second kappa shape index (κ2) is 8.36. The van der Waals surface area contributed by atoms with Gasteiger partial charge in [0.2, 0.25) is 0 Å². The number of halogens is 1. The van der Waals surface area contributed by atoms with Crippen LogP contribution in [0.15, 0.2) is 24.3 Å². The Morgan fingerprint density at radius 2 is 2.00 bits per heavy atom. The zero-order valence-corrected chi connectivity index (χ0v) is 12.7. The van der Waals surface area contributed by atoms with Gasteiger partial charge in [0.25, 0.3) is 0 Å². The number of ether oxygens (including phenoxy) is 2. The molecule has 0 aromatic heterocycles.